The van der Waals surface area contributed by atoms with Crippen molar-refractivity contribution in [1.82, 2.24) is 10.9 Å². The first kappa shape index (κ1) is 13.8. The number of rotatable bonds is 5. The maximum Gasteiger partial charge on any atom is 0.274 e. The summed E-state index contributed by atoms with van der Waals surface area (Å²) in [5.74, 6) is 0.398. The van der Waals surface area contributed by atoms with Gasteiger partial charge in [-0.25, -0.2) is 5.43 Å². The number of carbonyl (C=O) groups is 1. The van der Waals surface area contributed by atoms with Gasteiger partial charge in [0.1, 0.15) is 5.75 Å². The number of halogens is 1. The number of hydrogen-bond acceptors (Lipinski definition) is 3. The Bertz CT molecular complexity index is 365. The molecule has 1 rings (SSSR count). The average molecular weight is 257 g/mol. The van der Waals surface area contributed by atoms with Crippen LogP contribution in [0.3, 0.4) is 0 Å². The lowest BCUT2D eigenvalue weighted by Crippen LogP contribution is -2.47. The number of hydrazine groups is 1. The molecule has 2 N–H and O–H groups in total. The summed E-state index contributed by atoms with van der Waals surface area (Å²) in [6, 6.07) is 7.06. The second-order valence-electron chi connectivity index (χ2n) is 4.00. The van der Waals surface area contributed by atoms with E-state index in [4.69, 9.17) is 16.3 Å². The van der Waals surface area contributed by atoms with Crippen molar-refractivity contribution in [1.29, 1.82) is 0 Å². The highest BCUT2D eigenvalue weighted by atomic mass is 35.5. The fourth-order valence-corrected chi connectivity index (χ4v) is 1.21. The minimum Gasteiger partial charge on any atom is -0.481 e. The summed E-state index contributed by atoms with van der Waals surface area (Å²) in [5, 5.41) is 0.635. The van der Waals surface area contributed by atoms with Crippen LogP contribution >= 0.6 is 11.6 Å². The van der Waals surface area contributed by atoms with E-state index >= 15 is 0 Å². The standard InChI is InChI=1S/C12H17ClN2O2/c1-8(2)14-15-12(16)9(3)17-11-6-4-10(13)5-7-11/h4-9,14H,1-3H3,(H,15,16)/t9-/m0/s1. The summed E-state index contributed by atoms with van der Waals surface area (Å²) in [5.41, 5.74) is 5.39. The molecule has 94 valence electrons. The van der Waals surface area contributed by atoms with Crippen molar-refractivity contribution < 1.29 is 9.53 Å². The molecule has 0 fully saturated rings. The maximum absolute atomic E-state index is 11.6. The molecule has 0 aliphatic carbocycles. The van der Waals surface area contributed by atoms with Crippen molar-refractivity contribution in [3.05, 3.63) is 29.3 Å². The Balaban J connectivity index is 2.45. The fourth-order valence-electron chi connectivity index (χ4n) is 1.09. The molecule has 1 amide bonds. The SMILES string of the molecule is CC(C)NNC(=O)[C@H](C)Oc1ccc(Cl)cc1. The number of hydrogen-bond donors (Lipinski definition) is 2. The maximum atomic E-state index is 11.6. The summed E-state index contributed by atoms with van der Waals surface area (Å²) >= 11 is 5.75. The van der Waals surface area contributed by atoms with E-state index in [1.54, 1.807) is 31.2 Å². The summed E-state index contributed by atoms with van der Waals surface area (Å²) in [7, 11) is 0. The zero-order valence-corrected chi connectivity index (χ0v) is 10.9. The first-order valence-electron chi connectivity index (χ1n) is 5.46. The smallest absolute Gasteiger partial charge is 0.274 e. The lowest BCUT2D eigenvalue weighted by molar-refractivity contribution is -0.128. The molecule has 4 nitrogen and oxygen atoms in total. The van der Waals surface area contributed by atoms with Gasteiger partial charge >= 0.3 is 0 Å². The summed E-state index contributed by atoms with van der Waals surface area (Å²) in [4.78, 5) is 11.6. The molecule has 5 heteroatoms. The van der Waals surface area contributed by atoms with Crippen LogP contribution in [0.5, 0.6) is 5.75 Å². The van der Waals surface area contributed by atoms with E-state index < -0.39 is 6.10 Å². The lowest BCUT2D eigenvalue weighted by atomic mass is 10.3. The molecule has 1 aromatic carbocycles. The van der Waals surface area contributed by atoms with Crippen LogP contribution in [0.4, 0.5) is 0 Å². The average Bonchev–Trinajstić information content (AvgIpc) is 2.28. The molecular formula is C12H17ClN2O2. The van der Waals surface area contributed by atoms with Gasteiger partial charge in [-0.05, 0) is 45.0 Å². The Morgan fingerprint density at radius 3 is 2.35 bits per heavy atom. The van der Waals surface area contributed by atoms with Gasteiger partial charge in [-0.15, -0.1) is 0 Å². The molecule has 1 aromatic rings. The largest absolute Gasteiger partial charge is 0.481 e. The first-order valence-corrected chi connectivity index (χ1v) is 5.84. The van der Waals surface area contributed by atoms with Crippen molar-refractivity contribution in [2.45, 2.75) is 32.9 Å². The first-order chi connectivity index (χ1) is 7.99. The number of benzene rings is 1. The molecule has 0 aromatic heterocycles. The Hall–Kier alpha value is -1.26. The molecule has 0 aliphatic rings. The number of amides is 1. The van der Waals surface area contributed by atoms with Gasteiger partial charge in [0.15, 0.2) is 6.10 Å². The van der Waals surface area contributed by atoms with Gasteiger partial charge in [0.05, 0.1) is 0 Å². The van der Waals surface area contributed by atoms with E-state index in [2.05, 4.69) is 10.9 Å². The molecule has 0 saturated carbocycles. The lowest BCUT2D eigenvalue weighted by Gasteiger charge is -2.16. The second-order valence-corrected chi connectivity index (χ2v) is 4.44. The van der Waals surface area contributed by atoms with Crippen LogP contribution in [-0.4, -0.2) is 18.1 Å². The van der Waals surface area contributed by atoms with E-state index in [1.807, 2.05) is 13.8 Å². The Kier molecular flexibility index (Phi) is 5.25. The van der Waals surface area contributed by atoms with Crippen molar-refractivity contribution in [2.75, 3.05) is 0 Å². The van der Waals surface area contributed by atoms with E-state index in [1.165, 1.54) is 0 Å². The Morgan fingerprint density at radius 2 is 1.82 bits per heavy atom. The summed E-state index contributed by atoms with van der Waals surface area (Å²) in [6.07, 6.45) is -0.567. The molecular weight excluding hydrogens is 240 g/mol. The van der Waals surface area contributed by atoms with Crippen LogP contribution < -0.4 is 15.6 Å². The van der Waals surface area contributed by atoms with Gasteiger partial charge in [-0.1, -0.05) is 11.6 Å². The van der Waals surface area contributed by atoms with Crippen LogP contribution in [-0.2, 0) is 4.79 Å². The molecule has 17 heavy (non-hydrogen) atoms. The molecule has 0 aliphatic heterocycles. The molecule has 1 atom stereocenters. The minimum absolute atomic E-state index is 0.182. The highest BCUT2D eigenvalue weighted by molar-refractivity contribution is 6.30. The monoisotopic (exact) mass is 256 g/mol. The van der Waals surface area contributed by atoms with Crippen molar-refractivity contribution in [3.63, 3.8) is 0 Å². The van der Waals surface area contributed by atoms with Gasteiger partial charge in [-0.3, -0.25) is 10.2 Å². The van der Waals surface area contributed by atoms with E-state index in [9.17, 15) is 4.79 Å². The third-order valence-electron chi connectivity index (χ3n) is 1.98. The van der Waals surface area contributed by atoms with Gasteiger partial charge < -0.3 is 4.74 Å². The van der Waals surface area contributed by atoms with Gasteiger partial charge in [0.25, 0.3) is 5.91 Å². The van der Waals surface area contributed by atoms with E-state index in [-0.39, 0.29) is 11.9 Å². The zero-order valence-electron chi connectivity index (χ0n) is 10.2. The van der Waals surface area contributed by atoms with Gasteiger partial charge in [0, 0.05) is 11.1 Å². The van der Waals surface area contributed by atoms with E-state index in [0.29, 0.717) is 10.8 Å². The molecule has 0 bridgehead atoms. The summed E-state index contributed by atoms with van der Waals surface area (Å²) < 4.78 is 5.45. The van der Waals surface area contributed by atoms with Crippen LogP contribution in [0.25, 0.3) is 0 Å². The number of ether oxygens (including phenoxy) is 1. The molecule has 0 spiro atoms. The van der Waals surface area contributed by atoms with Crippen LogP contribution in [0.15, 0.2) is 24.3 Å². The van der Waals surface area contributed by atoms with Crippen molar-refractivity contribution in [3.8, 4) is 5.75 Å². The molecule has 0 saturated heterocycles. The van der Waals surface area contributed by atoms with Gasteiger partial charge in [-0.2, -0.15) is 0 Å². The normalized spacial score (nSPS) is 12.3. The Morgan fingerprint density at radius 1 is 1.24 bits per heavy atom. The summed E-state index contributed by atoms with van der Waals surface area (Å²) in [6.45, 7) is 5.56. The number of carbonyl (C=O) groups excluding carboxylic acids is 1. The highest BCUT2D eigenvalue weighted by Crippen LogP contribution is 2.16. The third-order valence-corrected chi connectivity index (χ3v) is 2.23. The molecule has 0 unspecified atom stereocenters. The quantitative estimate of drug-likeness (QED) is 0.794. The van der Waals surface area contributed by atoms with Crippen LogP contribution in [0.1, 0.15) is 20.8 Å². The Labute approximate surface area is 106 Å². The predicted molar refractivity (Wildman–Crippen MR) is 68.0 cm³/mol. The molecule has 0 heterocycles. The zero-order chi connectivity index (χ0) is 12.8. The predicted octanol–water partition coefficient (Wildman–Crippen LogP) is 2.14. The number of nitrogens with one attached hydrogen (secondary N) is 2. The third kappa shape index (κ3) is 5.06. The fraction of sp³-hybridized carbons (Fsp3) is 0.417. The van der Waals surface area contributed by atoms with Crippen LogP contribution in [0.2, 0.25) is 5.02 Å². The van der Waals surface area contributed by atoms with Crippen molar-refractivity contribution >= 4 is 17.5 Å². The minimum atomic E-state index is -0.567. The van der Waals surface area contributed by atoms with E-state index in [0.717, 1.165) is 0 Å². The topological polar surface area (TPSA) is 50.4 Å². The molecule has 0 radical (unpaired) electrons. The van der Waals surface area contributed by atoms with Crippen molar-refractivity contribution in [2.24, 2.45) is 0 Å². The highest BCUT2D eigenvalue weighted by Gasteiger charge is 2.14. The van der Waals surface area contributed by atoms with Gasteiger partial charge in [0.2, 0.25) is 0 Å². The van der Waals surface area contributed by atoms with Crippen LogP contribution in [0, 0.1) is 0 Å². The second kappa shape index (κ2) is 6.47.